The standard InChI is InChI=1S/C11H23N3O2/c1-7(2)10(11(15)13-12)14(4)9-5-6-16-8(9)3/h7-10H,5-6,12H2,1-4H3,(H,13,15). The van der Waals surface area contributed by atoms with Gasteiger partial charge in [-0.1, -0.05) is 13.8 Å². The van der Waals surface area contributed by atoms with E-state index < -0.39 is 0 Å². The van der Waals surface area contributed by atoms with Crippen LogP contribution in [0, 0.1) is 5.92 Å². The number of carbonyl (C=O) groups is 1. The van der Waals surface area contributed by atoms with Gasteiger partial charge in [-0.3, -0.25) is 15.1 Å². The molecule has 1 heterocycles. The highest BCUT2D eigenvalue weighted by Gasteiger charge is 2.35. The topological polar surface area (TPSA) is 67.6 Å². The molecule has 1 aliphatic heterocycles. The van der Waals surface area contributed by atoms with E-state index in [1.54, 1.807) is 0 Å². The van der Waals surface area contributed by atoms with Crippen LogP contribution in [0.2, 0.25) is 0 Å². The Hall–Kier alpha value is -0.650. The van der Waals surface area contributed by atoms with E-state index in [0.717, 1.165) is 13.0 Å². The summed E-state index contributed by atoms with van der Waals surface area (Å²) < 4.78 is 5.53. The second-order valence-electron chi connectivity index (χ2n) is 4.79. The quantitative estimate of drug-likeness (QED) is 0.408. The van der Waals surface area contributed by atoms with Crippen molar-refractivity contribution in [3.8, 4) is 0 Å². The van der Waals surface area contributed by atoms with Gasteiger partial charge in [-0.25, -0.2) is 5.84 Å². The van der Waals surface area contributed by atoms with E-state index >= 15 is 0 Å². The van der Waals surface area contributed by atoms with Crippen LogP contribution in [0.4, 0.5) is 0 Å². The number of carbonyl (C=O) groups excluding carboxylic acids is 1. The smallest absolute Gasteiger partial charge is 0.251 e. The van der Waals surface area contributed by atoms with Gasteiger partial charge >= 0.3 is 0 Å². The first-order chi connectivity index (χ1) is 7.49. The Morgan fingerprint density at radius 2 is 2.19 bits per heavy atom. The molecule has 3 atom stereocenters. The van der Waals surface area contributed by atoms with Gasteiger partial charge in [0.2, 0.25) is 0 Å². The first-order valence-corrected chi connectivity index (χ1v) is 5.83. The molecule has 1 fully saturated rings. The number of hydrogen-bond acceptors (Lipinski definition) is 4. The van der Waals surface area contributed by atoms with E-state index in [1.165, 1.54) is 0 Å². The number of hydrogen-bond donors (Lipinski definition) is 2. The molecule has 16 heavy (non-hydrogen) atoms. The Labute approximate surface area is 97.3 Å². The predicted molar refractivity (Wildman–Crippen MR) is 62.5 cm³/mol. The van der Waals surface area contributed by atoms with Crippen molar-refractivity contribution in [1.82, 2.24) is 10.3 Å². The average molecular weight is 229 g/mol. The highest BCUT2D eigenvalue weighted by Crippen LogP contribution is 2.22. The van der Waals surface area contributed by atoms with Crippen LogP contribution < -0.4 is 11.3 Å². The lowest BCUT2D eigenvalue weighted by molar-refractivity contribution is -0.128. The normalized spacial score (nSPS) is 27.4. The highest BCUT2D eigenvalue weighted by molar-refractivity contribution is 5.81. The number of nitrogens with two attached hydrogens (primary N) is 1. The zero-order chi connectivity index (χ0) is 12.3. The Bertz CT molecular complexity index is 245. The number of ether oxygens (including phenoxy) is 1. The van der Waals surface area contributed by atoms with Crippen LogP contribution in [0.5, 0.6) is 0 Å². The highest BCUT2D eigenvalue weighted by atomic mass is 16.5. The van der Waals surface area contributed by atoms with Crippen LogP contribution in [0.15, 0.2) is 0 Å². The molecule has 94 valence electrons. The average Bonchev–Trinajstić information content (AvgIpc) is 2.63. The summed E-state index contributed by atoms with van der Waals surface area (Å²) in [5, 5.41) is 0. The van der Waals surface area contributed by atoms with Gasteiger partial charge in [-0.05, 0) is 26.3 Å². The molecule has 0 aromatic rings. The summed E-state index contributed by atoms with van der Waals surface area (Å²) in [5.74, 6) is 5.32. The largest absolute Gasteiger partial charge is 0.377 e. The molecule has 0 aromatic heterocycles. The van der Waals surface area contributed by atoms with E-state index in [0.29, 0.717) is 6.04 Å². The summed E-state index contributed by atoms with van der Waals surface area (Å²) in [7, 11) is 1.97. The monoisotopic (exact) mass is 229 g/mol. The van der Waals surface area contributed by atoms with Gasteiger partial charge < -0.3 is 4.74 Å². The summed E-state index contributed by atoms with van der Waals surface area (Å²) in [5.41, 5.74) is 2.24. The molecule has 1 rings (SSSR count). The molecule has 0 bridgehead atoms. The molecule has 0 saturated carbocycles. The molecule has 5 heteroatoms. The molecular formula is C11H23N3O2. The maximum atomic E-state index is 11.7. The summed E-state index contributed by atoms with van der Waals surface area (Å²) in [6, 6.07) is 0.101. The lowest BCUT2D eigenvalue weighted by Crippen LogP contribution is -2.54. The van der Waals surface area contributed by atoms with Gasteiger partial charge in [-0.15, -0.1) is 0 Å². The Kier molecular flexibility index (Phi) is 4.70. The van der Waals surface area contributed by atoms with Crippen molar-refractivity contribution in [3.63, 3.8) is 0 Å². The predicted octanol–water partition coefficient (Wildman–Crippen LogP) is 0.110. The fraction of sp³-hybridized carbons (Fsp3) is 0.909. The zero-order valence-corrected chi connectivity index (χ0v) is 10.6. The molecule has 3 N–H and O–H groups in total. The lowest BCUT2D eigenvalue weighted by atomic mass is 9.98. The maximum Gasteiger partial charge on any atom is 0.251 e. The Morgan fingerprint density at radius 3 is 2.56 bits per heavy atom. The first-order valence-electron chi connectivity index (χ1n) is 5.83. The SMILES string of the molecule is CC(C)C(C(=O)NN)N(C)C1CCOC1C. The molecule has 1 aliphatic rings. The third kappa shape index (κ3) is 2.72. The van der Waals surface area contributed by atoms with Crippen LogP contribution in [-0.2, 0) is 9.53 Å². The van der Waals surface area contributed by atoms with Gasteiger partial charge in [0.15, 0.2) is 0 Å². The summed E-state index contributed by atoms with van der Waals surface area (Å²) in [6.45, 7) is 6.87. The lowest BCUT2D eigenvalue weighted by Gasteiger charge is -2.35. The molecule has 1 saturated heterocycles. The summed E-state index contributed by atoms with van der Waals surface area (Å²) in [6.07, 6.45) is 1.15. The minimum absolute atomic E-state index is 0.128. The molecule has 1 amide bonds. The third-order valence-corrected chi connectivity index (χ3v) is 3.34. The number of hydrazine groups is 1. The van der Waals surface area contributed by atoms with E-state index in [2.05, 4.69) is 10.3 Å². The first kappa shape index (κ1) is 13.4. The van der Waals surface area contributed by atoms with Crippen LogP contribution in [0.25, 0.3) is 0 Å². The van der Waals surface area contributed by atoms with Crippen molar-refractivity contribution in [3.05, 3.63) is 0 Å². The van der Waals surface area contributed by atoms with Gasteiger partial charge in [0.05, 0.1) is 12.1 Å². The second kappa shape index (κ2) is 5.61. The summed E-state index contributed by atoms with van der Waals surface area (Å²) >= 11 is 0. The molecule has 5 nitrogen and oxygen atoms in total. The van der Waals surface area contributed by atoms with Crippen molar-refractivity contribution in [2.75, 3.05) is 13.7 Å². The molecule has 0 spiro atoms. The maximum absolute atomic E-state index is 11.7. The minimum atomic E-state index is -0.195. The summed E-state index contributed by atoms with van der Waals surface area (Å²) in [4.78, 5) is 13.8. The fourth-order valence-electron chi connectivity index (χ4n) is 2.50. The van der Waals surface area contributed by atoms with Crippen molar-refractivity contribution in [2.24, 2.45) is 11.8 Å². The number of nitrogens with one attached hydrogen (secondary N) is 1. The Balaban J connectivity index is 2.74. The zero-order valence-electron chi connectivity index (χ0n) is 10.6. The fourth-order valence-corrected chi connectivity index (χ4v) is 2.50. The van der Waals surface area contributed by atoms with Gasteiger partial charge in [0.1, 0.15) is 0 Å². The van der Waals surface area contributed by atoms with Crippen LogP contribution in [0.1, 0.15) is 27.2 Å². The van der Waals surface area contributed by atoms with E-state index in [1.807, 2.05) is 27.8 Å². The van der Waals surface area contributed by atoms with Crippen molar-refractivity contribution < 1.29 is 9.53 Å². The van der Waals surface area contributed by atoms with Gasteiger partial charge in [0.25, 0.3) is 5.91 Å². The van der Waals surface area contributed by atoms with E-state index in [9.17, 15) is 4.79 Å². The molecule has 3 unspecified atom stereocenters. The second-order valence-corrected chi connectivity index (χ2v) is 4.79. The third-order valence-electron chi connectivity index (χ3n) is 3.34. The van der Waals surface area contributed by atoms with E-state index in [4.69, 9.17) is 10.6 Å². The van der Waals surface area contributed by atoms with Crippen LogP contribution in [-0.4, -0.2) is 42.6 Å². The molecule has 0 radical (unpaired) electrons. The number of nitrogens with zero attached hydrogens (tertiary/aromatic N) is 1. The molecular weight excluding hydrogens is 206 g/mol. The molecule has 0 aromatic carbocycles. The van der Waals surface area contributed by atoms with E-state index in [-0.39, 0.29) is 24.0 Å². The number of amides is 1. The van der Waals surface area contributed by atoms with Crippen molar-refractivity contribution in [2.45, 2.75) is 45.4 Å². The number of rotatable bonds is 4. The van der Waals surface area contributed by atoms with Gasteiger partial charge in [0, 0.05) is 12.6 Å². The minimum Gasteiger partial charge on any atom is -0.377 e. The van der Waals surface area contributed by atoms with Crippen LogP contribution in [0.3, 0.4) is 0 Å². The van der Waals surface area contributed by atoms with Crippen molar-refractivity contribution >= 4 is 5.91 Å². The molecule has 0 aliphatic carbocycles. The van der Waals surface area contributed by atoms with Crippen LogP contribution >= 0.6 is 0 Å². The van der Waals surface area contributed by atoms with Gasteiger partial charge in [-0.2, -0.15) is 0 Å². The Morgan fingerprint density at radius 1 is 1.56 bits per heavy atom. The van der Waals surface area contributed by atoms with Crippen molar-refractivity contribution in [1.29, 1.82) is 0 Å². The number of likely N-dealkylation sites (N-methyl/N-ethyl adjacent to an activating group) is 1.